The lowest BCUT2D eigenvalue weighted by Crippen LogP contribution is -2.48. The second-order valence-electron chi connectivity index (χ2n) is 5.91. The molecule has 0 radical (unpaired) electrons. The van der Waals surface area contributed by atoms with Gasteiger partial charge in [0.25, 0.3) is 0 Å². The van der Waals surface area contributed by atoms with Gasteiger partial charge in [-0.1, -0.05) is 12.2 Å². The summed E-state index contributed by atoms with van der Waals surface area (Å²) in [5.74, 6) is 2.71. The first-order valence-corrected chi connectivity index (χ1v) is 7.09. The number of aliphatic hydroxyl groups is 1. The monoisotopic (exact) mass is 236 g/mol. The summed E-state index contributed by atoms with van der Waals surface area (Å²) in [6.07, 6.45) is 7.74. The lowest BCUT2D eigenvalue weighted by molar-refractivity contribution is 0.0980. The van der Waals surface area contributed by atoms with Crippen molar-refractivity contribution in [2.24, 2.45) is 17.8 Å². The molecule has 0 amide bonds. The van der Waals surface area contributed by atoms with Crippen LogP contribution in [0.3, 0.4) is 0 Å². The number of nitrogens with zero attached hydrogens (tertiary/aromatic N) is 2. The number of fused-ring (bicyclic) bond motifs is 2. The van der Waals surface area contributed by atoms with Gasteiger partial charge in [0, 0.05) is 39.3 Å². The third-order valence-electron chi connectivity index (χ3n) is 4.79. The van der Waals surface area contributed by atoms with E-state index in [1.807, 2.05) is 0 Å². The summed E-state index contributed by atoms with van der Waals surface area (Å²) >= 11 is 0. The molecule has 2 bridgehead atoms. The second kappa shape index (κ2) is 5.09. The van der Waals surface area contributed by atoms with E-state index in [2.05, 4.69) is 22.0 Å². The molecule has 3 aliphatic rings. The number of allylic oxidation sites excluding steroid dienone is 2. The first-order valence-electron chi connectivity index (χ1n) is 7.09. The van der Waals surface area contributed by atoms with E-state index in [0.717, 1.165) is 37.4 Å². The molecule has 3 rings (SSSR count). The Morgan fingerprint density at radius 3 is 2.35 bits per heavy atom. The summed E-state index contributed by atoms with van der Waals surface area (Å²) in [4.78, 5) is 5.00. The minimum Gasteiger partial charge on any atom is -0.395 e. The van der Waals surface area contributed by atoms with E-state index in [1.165, 1.54) is 32.5 Å². The third-order valence-corrected chi connectivity index (χ3v) is 4.79. The first kappa shape index (κ1) is 11.7. The minimum atomic E-state index is 0.303. The predicted molar refractivity (Wildman–Crippen MR) is 68.8 cm³/mol. The Bertz CT molecular complexity index is 284. The molecule has 1 saturated carbocycles. The zero-order valence-corrected chi connectivity index (χ0v) is 10.6. The molecule has 0 spiro atoms. The SMILES string of the molecule is OCCN1CCN(C[C@@H]2C[C@@H]3C=C[C@H]2C3)CC1. The van der Waals surface area contributed by atoms with Gasteiger partial charge in [0.15, 0.2) is 0 Å². The molecule has 2 aliphatic carbocycles. The van der Waals surface area contributed by atoms with Gasteiger partial charge in [-0.15, -0.1) is 0 Å². The van der Waals surface area contributed by atoms with Crippen molar-refractivity contribution < 1.29 is 5.11 Å². The fraction of sp³-hybridized carbons (Fsp3) is 0.857. The van der Waals surface area contributed by atoms with Crippen molar-refractivity contribution in [3.8, 4) is 0 Å². The number of rotatable bonds is 4. The quantitative estimate of drug-likeness (QED) is 0.732. The van der Waals surface area contributed by atoms with Crippen LogP contribution in [-0.2, 0) is 0 Å². The summed E-state index contributed by atoms with van der Waals surface area (Å²) in [7, 11) is 0. The highest BCUT2D eigenvalue weighted by Crippen LogP contribution is 2.43. The van der Waals surface area contributed by atoms with Crippen LogP contribution in [0, 0.1) is 17.8 Å². The molecule has 0 aromatic rings. The van der Waals surface area contributed by atoms with Crippen LogP contribution in [0.25, 0.3) is 0 Å². The van der Waals surface area contributed by atoms with Gasteiger partial charge in [0.05, 0.1) is 6.61 Å². The predicted octanol–water partition coefficient (Wildman–Crippen LogP) is 0.808. The molecule has 0 unspecified atom stereocenters. The van der Waals surface area contributed by atoms with Crippen LogP contribution in [0.15, 0.2) is 12.2 Å². The average molecular weight is 236 g/mol. The van der Waals surface area contributed by atoms with Gasteiger partial charge in [-0.2, -0.15) is 0 Å². The molecule has 1 N–H and O–H groups in total. The Kier molecular flexibility index (Phi) is 3.50. The van der Waals surface area contributed by atoms with Gasteiger partial charge in [0.2, 0.25) is 0 Å². The molecule has 2 fully saturated rings. The molecule has 1 saturated heterocycles. The molecular weight excluding hydrogens is 212 g/mol. The number of aliphatic hydroxyl groups excluding tert-OH is 1. The van der Waals surface area contributed by atoms with Crippen LogP contribution in [0.5, 0.6) is 0 Å². The number of piperazine rings is 1. The zero-order valence-electron chi connectivity index (χ0n) is 10.6. The van der Waals surface area contributed by atoms with Crippen molar-refractivity contribution in [3.63, 3.8) is 0 Å². The van der Waals surface area contributed by atoms with Gasteiger partial charge in [0.1, 0.15) is 0 Å². The molecular formula is C14H24N2O. The van der Waals surface area contributed by atoms with Crippen molar-refractivity contribution >= 4 is 0 Å². The fourth-order valence-corrected chi connectivity index (χ4v) is 3.77. The van der Waals surface area contributed by atoms with E-state index in [1.54, 1.807) is 0 Å². The van der Waals surface area contributed by atoms with Crippen LogP contribution in [-0.4, -0.2) is 60.8 Å². The van der Waals surface area contributed by atoms with Crippen LogP contribution in [0.1, 0.15) is 12.8 Å². The summed E-state index contributed by atoms with van der Waals surface area (Å²) in [6.45, 7) is 7.12. The molecule has 1 aliphatic heterocycles. The zero-order chi connectivity index (χ0) is 11.7. The van der Waals surface area contributed by atoms with Gasteiger partial charge in [-0.25, -0.2) is 0 Å². The molecule has 3 nitrogen and oxygen atoms in total. The smallest absolute Gasteiger partial charge is 0.0558 e. The summed E-state index contributed by atoms with van der Waals surface area (Å²) in [5, 5.41) is 8.92. The Balaban J connectivity index is 1.44. The van der Waals surface area contributed by atoms with E-state index in [9.17, 15) is 0 Å². The minimum absolute atomic E-state index is 0.303. The maximum absolute atomic E-state index is 8.92. The maximum atomic E-state index is 8.92. The third kappa shape index (κ3) is 2.56. The lowest BCUT2D eigenvalue weighted by Gasteiger charge is -2.36. The summed E-state index contributed by atoms with van der Waals surface area (Å²) < 4.78 is 0. The highest BCUT2D eigenvalue weighted by molar-refractivity contribution is 5.10. The number of hydrogen-bond donors (Lipinski definition) is 1. The second-order valence-corrected chi connectivity index (χ2v) is 5.91. The van der Waals surface area contributed by atoms with E-state index >= 15 is 0 Å². The molecule has 0 aromatic carbocycles. The average Bonchev–Trinajstić information content (AvgIpc) is 2.94. The van der Waals surface area contributed by atoms with E-state index < -0.39 is 0 Å². The standard InChI is InChI=1S/C14H24N2O/c17-8-7-15-3-5-16(6-4-15)11-14-10-12-1-2-13(14)9-12/h1-2,12-14,17H,3-11H2/t12-,13+,14+/m1/s1. The first-order chi connectivity index (χ1) is 8.35. The lowest BCUT2D eigenvalue weighted by atomic mass is 9.93. The van der Waals surface area contributed by atoms with Crippen LogP contribution < -0.4 is 0 Å². The number of β-amino-alcohol motifs (C(OH)–C–C–N with tert-alkyl or cyclic N) is 1. The van der Waals surface area contributed by atoms with Crippen molar-refractivity contribution in [1.82, 2.24) is 9.80 Å². The molecule has 3 heteroatoms. The van der Waals surface area contributed by atoms with E-state index in [-0.39, 0.29) is 0 Å². The Hall–Kier alpha value is -0.380. The van der Waals surface area contributed by atoms with Crippen molar-refractivity contribution in [2.75, 3.05) is 45.9 Å². The summed E-state index contributed by atoms with van der Waals surface area (Å²) in [6, 6.07) is 0. The fourth-order valence-electron chi connectivity index (χ4n) is 3.77. The molecule has 96 valence electrons. The van der Waals surface area contributed by atoms with Crippen molar-refractivity contribution in [2.45, 2.75) is 12.8 Å². The van der Waals surface area contributed by atoms with Gasteiger partial charge < -0.3 is 10.0 Å². The van der Waals surface area contributed by atoms with Crippen LogP contribution in [0.4, 0.5) is 0 Å². The van der Waals surface area contributed by atoms with Crippen LogP contribution >= 0.6 is 0 Å². The molecule has 3 atom stereocenters. The Morgan fingerprint density at radius 1 is 1.00 bits per heavy atom. The topological polar surface area (TPSA) is 26.7 Å². The van der Waals surface area contributed by atoms with Crippen molar-refractivity contribution in [1.29, 1.82) is 0 Å². The Labute approximate surface area is 104 Å². The van der Waals surface area contributed by atoms with E-state index in [4.69, 9.17) is 5.11 Å². The number of hydrogen-bond acceptors (Lipinski definition) is 3. The van der Waals surface area contributed by atoms with Gasteiger partial charge in [-0.3, -0.25) is 4.90 Å². The largest absolute Gasteiger partial charge is 0.395 e. The maximum Gasteiger partial charge on any atom is 0.0558 e. The van der Waals surface area contributed by atoms with E-state index in [0.29, 0.717) is 6.61 Å². The van der Waals surface area contributed by atoms with Gasteiger partial charge >= 0.3 is 0 Å². The molecule has 17 heavy (non-hydrogen) atoms. The summed E-state index contributed by atoms with van der Waals surface area (Å²) in [5.41, 5.74) is 0. The highest BCUT2D eigenvalue weighted by Gasteiger charge is 2.36. The highest BCUT2D eigenvalue weighted by atomic mass is 16.3. The van der Waals surface area contributed by atoms with Crippen LogP contribution in [0.2, 0.25) is 0 Å². The molecule has 0 aromatic heterocycles. The Morgan fingerprint density at radius 2 is 1.76 bits per heavy atom. The normalized spacial score (nSPS) is 38.1. The molecule has 1 heterocycles. The van der Waals surface area contributed by atoms with Crippen molar-refractivity contribution in [3.05, 3.63) is 12.2 Å². The van der Waals surface area contributed by atoms with Gasteiger partial charge in [-0.05, 0) is 30.6 Å².